The van der Waals surface area contributed by atoms with Gasteiger partial charge < -0.3 is 24.8 Å². The van der Waals surface area contributed by atoms with Gasteiger partial charge >= 0.3 is 6.16 Å². The third kappa shape index (κ3) is 9.17. The number of nitrogens with zero attached hydrogens (tertiary/aromatic N) is 4. The average Bonchev–Trinajstić information content (AvgIpc) is 3.00. The maximum absolute atomic E-state index is 13.8. The summed E-state index contributed by atoms with van der Waals surface area (Å²) in [5, 5.41) is 11.0. The average molecular weight is 556 g/mol. The van der Waals surface area contributed by atoms with Crippen LogP contribution in [-0.4, -0.2) is 57.3 Å². The molecule has 0 radical (unpaired) electrons. The molecule has 0 saturated heterocycles. The van der Waals surface area contributed by atoms with Crippen LogP contribution in [0.25, 0.3) is 11.4 Å². The maximum atomic E-state index is 13.8. The van der Waals surface area contributed by atoms with Gasteiger partial charge in [-0.25, -0.2) is 14.8 Å². The largest absolute Gasteiger partial charge is 0.505 e. The van der Waals surface area contributed by atoms with E-state index in [1.54, 1.807) is 43.6 Å². The Hall–Kier alpha value is -5.25. The van der Waals surface area contributed by atoms with Crippen LogP contribution in [0.5, 0.6) is 5.75 Å². The van der Waals surface area contributed by atoms with Crippen LogP contribution in [0.4, 0.5) is 16.3 Å². The molecule has 4 aromatic rings. The first-order chi connectivity index (χ1) is 20.0. The van der Waals surface area contributed by atoms with Crippen molar-refractivity contribution < 1.29 is 24.2 Å². The van der Waals surface area contributed by atoms with Gasteiger partial charge in [-0.1, -0.05) is 60.7 Å². The number of rotatable bonds is 10. The van der Waals surface area contributed by atoms with Crippen molar-refractivity contribution in [3.63, 3.8) is 0 Å². The van der Waals surface area contributed by atoms with E-state index < -0.39 is 6.16 Å². The van der Waals surface area contributed by atoms with Crippen LogP contribution in [0.15, 0.2) is 97.5 Å². The molecule has 2 N–H and O–H groups in total. The van der Waals surface area contributed by atoms with Gasteiger partial charge in [-0.3, -0.25) is 9.78 Å². The van der Waals surface area contributed by atoms with E-state index in [1.807, 2.05) is 79.7 Å². The Morgan fingerprint density at radius 2 is 1.73 bits per heavy atom. The Labute approximate surface area is 239 Å². The smallest absolute Gasteiger partial charge is 0.496 e. The van der Waals surface area contributed by atoms with Gasteiger partial charge in [-0.05, 0) is 37.6 Å². The molecule has 10 heteroatoms. The number of allylic oxidation sites excluding steroid dienone is 1. The molecular formula is C31H33N5O5. The second kappa shape index (κ2) is 16.0. The Morgan fingerprint density at radius 1 is 1.02 bits per heavy atom. The van der Waals surface area contributed by atoms with Crippen molar-refractivity contribution in [2.24, 2.45) is 0 Å². The number of nitrogens with one attached hydrogen (secondary N) is 1. The number of carbonyl (C=O) groups excluding carboxylic acids is 1. The first-order valence-corrected chi connectivity index (χ1v) is 12.9. The van der Waals surface area contributed by atoms with Crippen LogP contribution in [0.2, 0.25) is 0 Å². The van der Waals surface area contributed by atoms with Gasteiger partial charge in [0.15, 0.2) is 5.82 Å². The van der Waals surface area contributed by atoms with Crippen LogP contribution < -0.4 is 10.1 Å². The molecule has 2 aromatic carbocycles. The minimum atomic E-state index is -1.21. The molecule has 0 saturated carbocycles. The summed E-state index contributed by atoms with van der Waals surface area (Å²) in [7, 11) is 1.59. The van der Waals surface area contributed by atoms with Crippen LogP contribution >= 0.6 is 0 Å². The fraction of sp³-hybridized carbons (Fsp3) is 0.194. The summed E-state index contributed by atoms with van der Waals surface area (Å²) in [6, 6.07) is 21.3. The number of amides is 1. The summed E-state index contributed by atoms with van der Waals surface area (Å²) in [5.74, 6) is 1.25. The monoisotopic (exact) mass is 555 g/mol. The van der Waals surface area contributed by atoms with E-state index >= 15 is 0 Å². The molecule has 0 aliphatic heterocycles. The number of aromatic nitrogens is 3. The van der Waals surface area contributed by atoms with Gasteiger partial charge in [-0.15, -0.1) is 0 Å². The van der Waals surface area contributed by atoms with Gasteiger partial charge in [0.2, 0.25) is 0 Å². The van der Waals surface area contributed by atoms with E-state index in [-0.39, 0.29) is 12.5 Å². The fourth-order valence-electron chi connectivity index (χ4n) is 3.70. The molecule has 0 spiro atoms. The van der Waals surface area contributed by atoms with E-state index in [0.29, 0.717) is 41.6 Å². The highest BCUT2D eigenvalue weighted by Gasteiger charge is 2.22. The van der Waals surface area contributed by atoms with Gasteiger partial charge in [0.25, 0.3) is 5.91 Å². The molecule has 41 heavy (non-hydrogen) atoms. The lowest BCUT2D eigenvalue weighted by Gasteiger charge is -2.23. The molecule has 2 heterocycles. The highest BCUT2D eigenvalue weighted by molar-refractivity contribution is 5.99. The predicted octanol–water partition coefficient (Wildman–Crippen LogP) is 6.21. The Kier molecular flexibility index (Phi) is 11.8. The number of benzene rings is 2. The molecule has 0 aliphatic rings. The summed E-state index contributed by atoms with van der Waals surface area (Å²) >= 11 is 0. The van der Waals surface area contributed by atoms with Crippen molar-refractivity contribution in [3.05, 3.63) is 109 Å². The zero-order valence-electron chi connectivity index (χ0n) is 23.2. The molecule has 0 fully saturated rings. The van der Waals surface area contributed by atoms with Crippen LogP contribution in [-0.2, 0) is 11.3 Å². The predicted molar refractivity (Wildman–Crippen MR) is 157 cm³/mol. The van der Waals surface area contributed by atoms with E-state index in [4.69, 9.17) is 14.8 Å². The molecular weight excluding hydrogens is 522 g/mol. The molecule has 0 bridgehead atoms. The lowest BCUT2D eigenvalue weighted by Crippen LogP contribution is -2.31. The van der Waals surface area contributed by atoms with E-state index in [9.17, 15) is 9.59 Å². The van der Waals surface area contributed by atoms with Crippen LogP contribution in [0, 0.1) is 0 Å². The third-order valence-corrected chi connectivity index (χ3v) is 5.63. The topological polar surface area (TPSA) is 127 Å². The second-order valence-electron chi connectivity index (χ2n) is 8.46. The van der Waals surface area contributed by atoms with Gasteiger partial charge in [0.05, 0.1) is 19.3 Å². The molecule has 1 amide bonds. The minimum absolute atomic E-state index is 0.171. The zero-order chi connectivity index (χ0) is 29.5. The number of ether oxygens (including phenoxy) is 2. The highest BCUT2D eigenvalue weighted by Crippen LogP contribution is 2.29. The molecule has 212 valence electrons. The number of hydrogen-bond donors (Lipinski definition) is 2. The van der Waals surface area contributed by atoms with Crippen molar-refractivity contribution in [2.45, 2.75) is 20.4 Å². The standard InChI is InChI=1S/C28H27N5O2.C3H6O3/c1-3-4-17-33(20-21-11-7-5-8-12-21)28(34)24-19-30-26(23-18-29-16-15-25(23)35-2)32-27(24)31-22-13-9-6-10-14-22;1-2-6-3(4)5/h3-16,18-19H,17,20H2,1-2H3,(H,30,31,32);2H2,1H3,(H,4,5)/b4-3+;. The molecule has 2 aromatic heterocycles. The number of anilines is 2. The summed E-state index contributed by atoms with van der Waals surface area (Å²) in [4.78, 5) is 38.4. The number of hydrogen-bond acceptors (Lipinski definition) is 8. The third-order valence-electron chi connectivity index (χ3n) is 5.63. The fourth-order valence-corrected chi connectivity index (χ4v) is 3.70. The number of methoxy groups -OCH3 is 1. The lowest BCUT2D eigenvalue weighted by molar-refractivity contribution is 0.0762. The SMILES string of the molecule is C/C=C/CN(Cc1ccccc1)C(=O)c1cnc(-c2cnccc2OC)nc1Nc1ccccc1.CCOC(=O)O. The van der Waals surface area contributed by atoms with Crippen LogP contribution in [0.3, 0.4) is 0 Å². The van der Waals surface area contributed by atoms with Gasteiger partial charge in [0.1, 0.15) is 17.1 Å². The quantitative estimate of drug-likeness (QED) is 0.173. The van der Waals surface area contributed by atoms with Crippen molar-refractivity contribution in [1.29, 1.82) is 0 Å². The summed E-state index contributed by atoms with van der Waals surface area (Å²) in [5.41, 5.74) is 2.87. The highest BCUT2D eigenvalue weighted by atomic mass is 16.7. The Morgan fingerprint density at radius 3 is 2.34 bits per heavy atom. The lowest BCUT2D eigenvalue weighted by atomic mass is 10.1. The molecule has 10 nitrogen and oxygen atoms in total. The first-order valence-electron chi connectivity index (χ1n) is 12.9. The number of carboxylic acid groups (broad SMARTS) is 1. The molecule has 4 rings (SSSR count). The number of pyridine rings is 1. The number of para-hydroxylation sites is 1. The van der Waals surface area contributed by atoms with E-state index in [0.717, 1.165) is 11.3 Å². The minimum Gasteiger partial charge on any atom is -0.496 e. The first kappa shape index (κ1) is 30.3. The van der Waals surface area contributed by atoms with E-state index in [1.165, 1.54) is 0 Å². The molecule has 0 aliphatic carbocycles. The summed E-state index contributed by atoms with van der Waals surface area (Å²) in [6.45, 7) is 4.72. The normalized spacial score (nSPS) is 10.3. The van der Waals surface area contributed by atoms with Crippen molar-refractivity contribution in [2.75, 3.05) is 25.6 Å². The second-order valence-corrected chi connectivity index (χ2v) is 8.46. The molecule has 0 unspecified atom stereocenters. The maximum Gasteiger partial charge on any atom is 0.505 e. The van der Waals surface area contributed by atoms with Crippen molar-refractivity contribution in [3.8, 4) is 17.1 Å². The zero-order valence-corrected chi connectivity index (χ0v) is 23.2. The summed E-state index contributed by atoms with van der Waals surface area (Å²) < 4.78 is 9.42. The summed E-state index contributed by atoms with van der Waals surface area (Å²) in [6.07, 6.45) is 7.54. The van der Waals surface area contributed by atoms with Crippen molar-refractivity contribution in [1.82, 2.24) is 19.9 Å². The van der Waals surface area contributed by atoms with Gasteiger partial charge in [0, 0.05) is 37.4 Å². The van der Waals surface area contributed by atoms with Crippen LogP contribution in [0.1, 0.15) is 29.8 Å². The van der Waals surface area contributed by atoms with Gasteiger partial charge in [-0.2, -0.15) is 0 Å². The number of carbonyl (C=O) groups is 2. The Bertz CT molecular complexity index is 1430. The van der Waals surface area contributed by atoms with Crippen molar-refractivity contribution >= 4 is 23.6 Å². The Balaban J connectivity index is 0.000000696. The van der Waals surface area contributed by atoms with E-state index in [2.05, 4.69) is 20.0 Å². The molecule has 0 atom stereocenters.